The summed E-state index contributed by atoms with van der Waals surface area (Å²) in [7, 11) is 0. The largest absolute Gasteiger partial charge is 0.491 e. The molecule has 4 aromatic carbocycles. The van der Waals surface area contributed by atoms with Gasteiger partial charge < -0.3 is 28.7 Å². The molecule has 0 aliphatic carbocycles. The van der Waals surface area contributed by atoms with Crippen molar-refractivity contribution in [1.82, 2.24) is 15.0 Å². The number of nitrogens with one attached hydrogen (secondary N) is 1. The predicted molar refractivity (Wildman–Crippen MR) is 180 cm³/mol. The van der Waals surface area contributed by atoms with Crippen LogP contribution in [0.3, 0.4) is 0 Å². The van der Waals surface area contributed by atoms with Gasteiger partial charge >= 0.3 is 0 Å². The van der Waals surface area contributed by atoms with Crippen LogP contribution in [0.2, 0.25) is 0 Å². The van der Waals surface area contributed by atoms with Crippen molar-refractivity contribution in [1.29, 1.82) is 0 Å². The van der Waals surface area contributed by atoms with Crippen molar-refractivity contribution in [3.05, 3.63) is 137 Å². The highest BCUT2D eigenvalue weighted by molar-refractivity contribution is 5.82. The standard InChI is InChI=1S/C37H36N4O6/c42-35-33-13-7-8-14-34(33)47-36(37(35)46-27-28-9-3-1-4-10-28)29-15-17-32(18-16-29)45-24-23-44-22-21-43-20-19-41-26-31(39-40-41)25-38-30-11-5-2-6-12-30/h1-18,26,38H,19-25,27H2. The second kappa shape index (κ2) is 16.2. The van der Waals surface area contributed by atoms with Gasteiger partial charge in [-0.25, -0.2) is 4.68 Å². The Morgan fingerprint density at radius 1 is 0.723 bits per heavy atom. The Balaban J connectivity index is 0.918. The maximum absolute atomic E-state index is 13.4. The number of hydrogen-bond donors (Lipinski definition) is 1. The quantitative estimate of drug-likeness (QED) is 0.115. The third kappa shape index (κ3) is 8.84. The van der Waals surface area contributed by atoms with Crippen molar-refractivity contribution < 1.29 is 23.4 Å². The second-order valence-corrected chi connectivity index (χ2v) is 10.6. The van der Waals surface area contributed by atoms with Crippen molar-refractivity contribution in [2.45, 2.75) is 19.7 Å². The van der Waals surface area contributed by atoms with Gasteiger partial charge in [0.1, 0.15) is 30.2 Å². The Morgan fingerprint density at radius 3 is 2.23 bits per heavy atom. The summed E-state index contributed by atoms with van der Waals surface area (Å²) >= 11 is 0. The summed E-state index contributed by atoms with van der Waals surface area (Å²) in [5, 5.41) is 12.1. The first-order chi connectivity index (χ1) is 23.2. The summed E-state index contributed by atoms with van der Waals surface area (Å²) in [6, 6.07) is 34.2. The smallest absolute Gasteiger partial charge is 0.235 e. The normalized spacial score (nSPS) is 11.1. The molecular weight excluding hydrogens is 596 g/mol. The zero-order chi connectivity index (χ0) is 32.1. The molecule has 2 aromatic heterocycles. The van der Waals surface area contributed by atoms with Gasteiger partial charge in [-0.15, -0.1) is 5.10 Å². The molecule has 0 amide bonds. The molecule has 0 fully saturated rings. The average Bonchev–Trinajstić information content (AvgIpc) is 3.58. The summed E-state index contributed by atoms with van der Waals surface area (Å²) in [6.07, 6.45) is 1.91. The summed E-state index contributed by atoms with van der Waals surface area (Å²) in [5.41, 5.74) is 3.87. The van der Waals surface area contributed by atoms with Gasteiger partial charge in [0.25, 0.3) is 0 Å². The molecule has 240 valence electrons. The highest BCUT2D eigenvalue weighted by Crippen LogP contribution is 2.32. The van der Waals surface area contributed by atoms with E-state index in [1.165, 1.54) is 0 Å². The SMILES string of the molecule is O=c1c(OCc2ccccc2)c(-c2ccc(OCCOCCOCCn3cc(CNc4ccccc4)nn3)cc2)oc2ccccc12. The minimum atomic E-state index is -0.209. The summed E-state index contributed by atoms with van der Waals surface area (Å²) in [6.45, 7) is 3.71. The van der Waals surface area contributed by atoms with Gasteiger partial charge in [-0.2, -0.15) is 0 Å². The molecule has 0 aliphatic heterocycles. The molecule has 1 N–H and O–H groups in total. The predicted octanol–water partition coefficient (Wildman–Crippen LogP) is 6.35. The van der Waals surface area contributed by atoms with E-state index in [0.29, 0.717) is 74.2 Å². The van der Waals surface area contributed by atoms with Crippen LogP contribution in [0.15, 0.2) is 125 Å². The Morgan fingerprint density at radius 2 is 1.43 bits per heavy atom. The lowest BCUT2D eigenvalue weighted by molar-refractivity contribution is 0.0333. The van der Waals surface area contributed by atoms with Gasteiger partial charge in [-0.05, 0) is 54.1 Å². The molecule has 0 aliphatic rings. The van der Waals surface area contributed by atoms with E-state index in [4.69, 9.17) is 23.4 Å². The minimum absolute atomic E-state index is 0.180. The molecule has 0 bridgehead atoms. The number of ether oxygens (including phenoxy) is 4. The van der Waals surface area contributed by atoms with Crippen LogP contribution < -0.4 is 20.2 Å². The fourth-order valence-electron chi connectivity index (χ4n) is 4.85. The fourth-order valence-corrected chi connectivity index (χ4v) is 4.85. The first-order valence-electron chi connectivity index (χ1n) is 15.5. The highest BCUT2D eigenvalue weighted by Gasteiger charge is 2.18. The number of benzene rings is 4. The second-order valence-electron chi connectivity index (χ2n) is 10.6. The fraction of sp³-hybridized carbons (Fsp3) is 0.216. The Labute approximate surface area is 272 Å². The van der Waals surface area contributed by atoms with Gasteiger partial charge in [0, 0.05) is 11.3 Å². The van der Waals surface area contributed by atoms with E-state index in [0.717, 1.165) is 16.9 Å². The number of aromatic nitrogens is 3. The van der Waals surface area contributed by atoms with Crippen LogP contribution in [0.25, 0.3) is 22.3 Å². The van der Waals surface area contributed by atoms with Gasteiger partial charge in [-0.1, -0.05) is 65.9 Å². The van der Waals surface area contributed by atoms with Crippen LogP contribution >= 0.6 is 0 Å². The van der Waals surface area contributed by atoms with Crippen LogP contribution in [0.1, 0.15) is 11.3 Å². The van der Waals surface area contributed by atoms with E-state index < -0.39 is 0 Å². The molecule has 0 unspecified atom stereocenters. The van der Waals surface area contributed by atoms with Crippen molar-refractivity contribution in [3.8, 4) is 22.8 Å². The summed E-state index contributed by atoms with van der Waals surface area (Å²) in [4.78, 5) is 13.4. The zero-order valence-corrected chi connectivity index (χ0v) is 25.9. The lowest BCUT2D eigenvalue weighted by Gasteiger charge is -2.12. The van der Waals surface area contributed by atoms with E-state index in [9.17, 15) is 4.79 Å². The van der Waals surface area contributed by atoms with Gasteiger partial charge in [0.05, 0.1) is 51.1 Å². The molecule has 2 heterocycles. The maximum atomic E-state index is 13.4. The highest BCUT2D eigenvalue weighted by atomic mass is 16.5. The van der Waals surface area contributed by atoms with Crippen LogP contribution in [0.5, 0.6) is 11.5 Å². The number of hydrogen-bond acceptors (Lipinski definition) is 9. The molecular formula is C37H36N4O6. The monoisotopic (exact) mass is 632 g/mol. The molecule has 47 heavy (non-hydrogen) atoms. The molecule has 6 aromatic rings. The van der Waals surface area contributed by atoms with Crippen molar-refractivity contribution in [2.24, 2.45) is 0 Å². The topological polar surface area (TPSA) is 110 Å². The average molecular weight is 633 g/mol. The van der Waals surface area contributed by atoms with Crippen molar-refractivity contribution >= 4 is 16.7 Å². The lowest BCUT2D eigenvalue weighted by atomic mass is 10.1. The zero-order valence-electron chi connectivity index (χ0n) is 25.9. The number of para-hydroxylation sites is 2. The summed E-state index contributed by atoms with van der Waals surface area (Å²) in [5.74, 6) is 1.23. The van der Waals surface area contributed by atoms with Crippen molar-refractivity contribution in [3.63, 3.8) is 0 Å². The number of fused-ring (bicyclic) bond motifs is 1. The molecule has 0 saturated carbocycles. The molecule has 0 saturated heterocycles. The molecule has 6 rings (SSSR count). The Bertz CT molecular complexity index is 1890. The minimum Gasteiger partial charge on any atom is -0.491 e. The molecule has 0 atom stereocenters. The summed E-state index contributed by atoms with van der Waals surface area (Å²) < 4.78 is 31.2. The Kier molecular flexibility index (Phi) is 10.9. The van der Waals surface area contributed by atoms with Crippen LogP contribution in [-0.2, 0) is 29.2 Å². The van der Waals surface area contributed by atoms with Crippen molar-refractivity contribution in [2.75, 3.05) is 38.4 Å². The number of anilines is 1. The van der Waals surface area contributed by atoms with Crippen LogP contribution in [0, 0.1) is 0 Å². The van der Waals surface area contributed by atoms with Gasteiger partial charge in [0.15, 0.2) is 5.76 Å². The van der Waals surface area contributed by atoms with E-state index in [1.54, 1.807) is 16.8 Å². The maximum Gasteiger partial charge on any atom is 0.235 e. The molecule has 10 nitrogen and oxygen atoms in total. The first kappa shape index (κ1) is 31.5. The van der Waals surface area contributed by atoms with E-state index in [1.807, 2.05) is 103 Å². The third-order valence-corrected chi connectivity index (χ3v) is 7.27. The van der Waals surface area contributed by atoms with E-state index in [2.05, 4.69) is 15.6 Å². The van der Waals surface area contributed by atoms with E-state index in [-0.39, 0.29) is 17.8 Å². The van der Waals surface area contributed by atoms with E-state index >= 15 is 0 Å². The molecule has 10 heteroatoms. The molecule has 0 radical (unpaired) electrons. The molecule has 0 spiro atoms. The lowest BCUT2D eigenvalue weighted by Crippen LogP contribution is -2.13. The number of nitrogens with zero attached hydrogens (tertiary/aromatic N) is 3. The Hall–Kier alpha value is -5.45. The third-order valence-electron chi connectivity index (χ3n) is 7.27. The van der Waals surface area contributed by atoms with Gasteiger partial charge in [0.2, 0.25) is 11.2 Å². The first-order valence-corrected chi connectivity index (χ1v) is 15.5. The van der Waals surface area contributed by atoms with Crippen LogP contribution in [0.4, 0.5) is 5.69 Å². The number of rotatable bonds is 17. The van der Waals surface area contributed by atoms with Gasteiger partial charge in [-0.3, -0.25) is 4.79 Å². The van der Waals surface area contributed by atoms with Crippen LogP contribution in [-0.4, -0.2) is 48.0 Å².